The first kappa shape index (κ1) is 15.7. The van der Waals surface area contributed by atoms with Crippen LogP contribution in [0.15, 0.2) is 48.8 Å². The summed E-state index contributed by atoms with van der Waals surface area (Å²) in [4.78, 5) is 14.4. The van der Waals surface area contributed by atoms with E-state index >= 15 is 0 Å². The third-order valence-electron chi connectivity index (χ3n) is 4.72. The molecule has 1 N–H and O–H groups in total. The standard InChI is InChI=1S/C18H23N3O2/c1-14(21-11-5-10-19-21)18(23)20-12-8-16(9-13-20)17(22)15-6-3-2-4-7-15/h2-7,10-11,14,16-17,22H,8-9,12-13H2,1H3. The number of likely N-dealkylation sites (tertiary alicyclic amines) is 1. The lowest BCUT2D eigenvalue weighted by molar-refractivity contribution is -0.136. The van der Waals surface area contributed by atoms with E-state index in [1.807, 2.05) is 54.4 Å². The van der Waals surface area contributed by atoms with E-state index in [0.29, 0.717) is 13.1 Å². The molecule has 1 fully saturated rings. The number of nitrogens with zero attached hydrogens (tertiary/aromatic N) is 3. The largest absolute Gasteiger partial charge is 0.388 e. The van der Waals surface area contributed by atoms with Crippen LogP contribution in [0.4, 0.5) is 0 Å². The van der Waals surface area contributed by atoms with Gasteiger partial charge in [-0.25, -0.2) is 0 Å². The van der Waals surface area contributed by atoms with Gasteiger partial charge in [-0.3, -0.25) is 9.48 Å². The summed E-state index contributed by atoms with van der Waals surface area (Å²) in [6, 6.07) is 11.3. The highest BCUT2D eigenvalue weighted by Crippen LogP contribution is 2.31. The molecule has 0 saturated carbocycles. The maximum Gasteiger partial charge on any atom is 0.247 e. The van der Waals surface area contributed by atoms with Crippen LogP contribution in [0.3, 0.4) is 0 Å². The maximum atomic E-state index is 12.5. The van der Waals surface area contributed by atoms with E-state index in [1.54, 1.807) is 10.9 Å². The van der Waals surface area contributed by atoms with Gasteiger partial charge in [0.05, 0.1) is 6.10 Å². The molecule has 0 spiro atoms. The van der Waals surface area contributed by atoms with Crippen molar-refractivity contribution in [1.82, 2.24) is 14.7 Å². The van der Waals surface area contributed by atoms with Crippen molar-refractivity contribution < 1.29 is 9.90 Å². The number of piperidine rings is 1. The van der Waals surface area contributed by atoms with Crippen LogP contribution in [-0.2, 0) is 4.79 Å². The number of hydrogen-bond acceptors (Lipinski definition) is 3. The molecule has 1 amide bonds. The van der Waals surface area contributed by atoms with Gasteiger partial charge >= 0.3 is 0 Å². The Kier molecular flexibility index (Phi) is 4.76. The van der Waals surface area contributed by atoms with Crippen LogP contribution in [0.25, 0.3) is 0 Å². The molecule has 5 nitrogen and oxygen atoms in total. The Hall–Kier alpha value is -2.14. The van der Waals surface area contributed by atoms with Crippen LogP contribution in [0, 0.1) is 5.92 Å². The molecule has 122 valence electrons. The first-order valence-corrected chi connectivity index (χ1v) is 8.17. The zero-order valence-corrected chi connectivity index (χ0v) is 13.4. The second-order valence-electron chi connectivity index (χ2n) is 6.18. The van der Waals surface area contributed by atoms with Crippen LogP contribution in [0.5, 0.6) is 0 Å². The van der Waals surface area contributed by atoms with Gasteiger partial charge in [-0.15, -0.1) is 0 Å². The Morgan fingerprint density at radius 2 is 1.91 bits per heavy atom. The van der Waals surface area contributed by atoms with E-state index in [9.17, 15) is 9.90 Å². The molecule has 2 unspecified atom stereocenters. The normalized spacial score (nSPS) is 18.6. The predicted octanol–water partition coefficient (Wildman–Crippen LogP) is 2.42. The first-order valence-electron chi connectivity index (χ1n) is 8.17. The molecule has 23 heavy (non-hydrogen) atoms. The van der Waals surface area contributed by atoms with Crippen molar-refractivity contribution >= 4 is 5.91 Å². The number of carbonyl (C=O) groups excluding carboxylic acids is 1. The van der Waals surface area contributed by atoms with E-state index in [-0.39, 0.29) is 17.9 Å². The summed E-state index contributed by atoms with van der Waals surface area (Å²) in [5, 5.41) is 14.7. The van der Waals surface area contributed by atoms with Gasteiger partial charge in [0.15, 0.2) is 0 Å². The molecule has 1 aliphatic heterocycles. The zero-order valence-electron chi connectivity index (χ0n) is 13.4. The molecule has 1 aliphatic rings. The van der Waals surface area contributed by atoms with Gasteiger partial charge in [-0.05, 0) is 37.3 Å². The minimum Gasteiger partial charge on any atom is -0.388 e. The van der Waals surface area contributed by atoms with Crippen LogP contribution >= 0.6 is 0 Å². The Labute approximate surface area is 136 Å². The van der Waals surface area contributed by atoms with Gasteiger partial charge in [-0.1, -0.05) is 30.3 Å². The number of aromatic nitrogens is 2. The van der Waals surface area contributed by atoms with Crippen molar-refractivity contribution in [2.45, 2.75) is 31.9 Å². The average Bonchev–Trinajstić information content (AvgIpc) is 3.15. The van der Waals surface area contributed by atoms with E-state index in [1.165, 1.54) is 0 Å². The highest BCUT2D eigenvalue weighted by Gasteiger charge is 2.30. The summed E-state index contributed by atoms with van der Waals surface area (Å²) in [5.41, 5.74) is 0.960. The molecule has 1 saturated heterocycles. The molecule has 2 aromatic rings. The summed E-state index contributed by atoms with van der Waals surface area (Å²) in [7, 11) is 0. The number of aliphatic hydroxyl groups is 1. The minimum absolute atomic E-state index is 0.0985. The first-order chi connectivity index (χ1) is 11.2. The number of hydrogen-bond donors (Lipinski definition) is 1. The van der Waals surface area contributed by atoms with Crippen LogP contribution in [0.1, 0.15) is 37.5 Å². The van der Waals surface area contributed by atoms with Gasteiger partial charge in [0.1, 0.15) is 6.04 Å². The summed E-state index contributed by atoms with van der Waals surface area (Å²) in [5.74, 6) is 0.308. The Balaban J connectivity index is 1.57. The highest BCUT2D eigenvalue weighted by atomic mass is 16.3. The van der Waals surface area contributed by atoms with Crippen LogP contribution < -0.4 is 0 Å². The van der Waals surface area contributed by atoms with E-state index in [2.05, 4.69) is 5.10 Å². The molecule has 5 heteroatoms. The predicted molar refractivity (Wildman–Crippen MR) is 87.6 cm³/mol. The monoisotopic (exact) mass is 313 g/mol. The second kappa shape index (κ2) is 6.96. The van der Waals surface area contributed by atoms with E-state index < -0.39 is 6.10 Å². The Morgan fingerprint density at radius 1 is 1.22 bits per heavy atom. The molecule has 2 atom stereocenters. The fraction of sp³-hybridized carbons (Fsp3) is 0.444. The molecular weight excluding hydrogens is 290 g/mol. The van der Waals surface area contributed by atoms with Crippen LogP contribution in [-0.4, -0.2) is 38.8 Å². The van der Waals surface area contributed by atoms with Crippen molar-refractivity contribution in [3.63, 3.8) is 0 Å². The maximum absolute atomic E-state index is 12.5. The molecule has 1 aromatic heterocycles. The lowest BCUT2D eigenvalue weighted by Crippen LogP contribution is -2.42. The third kappa shape index (κ3) is 3.45. The van der Waals surface area contributed by atoms with Crippen LogP contribution in [0.2, 0.25) is 0 Å². The minimum atomic E-state index is -0.447. The van der Waals surface area contributed by atoms with Gasteiger partial charge in [0, 0.05) is 25.5 Å². The van der Waals surface area contributed by atoms with E-state index in [0.717, 1.165) is 18.4 Å². The van der Waals surface area contributed by atoms with Gasteiger partial charge in [0.25, 0.3) is 0 Å². The van der Waals surface area contributed by atoms with E-state index in [4.69, 9.17) is 0 Å². The lowest BCUT2D eigenvalue weighted by Gasteiger charge is -2.35. The lowest BCUT2D eigenvalue weighted by atomic mass is 9.87. The Bertz CT molecular complexity index is 619. The summed E-state index contributed by atoms with van der Waals surface area (Å²) < 4.78 is 1.69. The summed E-state index contributed by atoms with van der Waals surface area (Å²) in [6.45, 7) is 3.26. The van der Waals surface area contributed by atoms with Gasteiger partial charge in [-0.2, -0.15) is 5.10 Å². The number of amides is 1. The average molecular weight is 313 g/mol. The SMILES string of the molecule is CC(C(=O)N1CCC(C(O)c2ccccc2)CC1)n1cccn1. The number of benzene rings is 1. The summed E-state index contributed by atoms with van der Waals surface area (Å²) in [6.07, 6.45) is 4.71. The number of rotatable bonds is 4. The molecule has 0 radical (unpaired) electrons. The zero-order chi connectivity index (χ0) is 16.2. The molecule has 2 heterocycles. The number of carbonyl (C=O) groups is 1. The molecule has 0 aliphatic carbocycles. The smallest absolute Gasteiger partial charge is 0.247 e. The third-order valence-corrected chi connectivity index (χ3v) is 4.72. The van der Waals surface area contributed by atoms with Crippen molar-refractivity contribution in [2.24, 2.45) is 5.92 Å². The molecule has 1 aromatic carbocycles. The van der Waals surface area contributed by atoms with Crippen molar-refractivity contribution in [3.8, 4) is 0 Å². The van der Waals surface area contributed by atoms with Crippen molar-refractivity contribution in [1.29, 1.82) is 0 Å². The topological polar surface area (TPSA) is 58.4 Å². The molecular formula is C18H23N3O2. The van der Waals surface area contributed by atoms with Crippen molar-refractivity contribution in [3.05, 3.63) is 54.4 Å². The summed E-state index contributed by atoms with van der Waals surface area (Å²) >= 11 is 0. The van der Waals surface area contributed by atoms with Gasteiger partial charge in [0.2, 0.25) is 5.91 Å². The van der Waals surface area contributed by atoms with Gasteiger partial charge < -0.3 is 10.0 Å². The highest BCUT2D eigenvalue weighted by molar-refractivity contribution is 5.80. The molecule has 3 rings (SSSR count). The fourth-order valence-corrected chi connectivity index (χ4v) is 3.25. The van der Waals surface area contributed by atoms with Crippen molar-refractivity contribution in [2.75, 3.05) is 13.1 Å². The number of aliphatic hydroxyl groups excluding tert-OH is 1. The Morgan fingerprint density at radius 3 is 2.52 bits per heavy atom. The molecule has 0 bridgehead atoms. The second-order valence-corrected chi connectivity index (χ2v) is 6.18. The fourth-order valence-electron chi connectivity index (χ4n) is 3.25. The quantitative estimate of drug-likeness (QED) is 0.943.